The van der Waals surface area contributed by atoms with Crippen LogP contribution in [-0.4, -0.2) is 35.1 Å². The minimum absolute atomic E-state index is 0.0857. The van der Waals surface area contributed by atoms with Crippen molar-refractivity contribution in [2.75, 3.05) is 18.8 Å². The van der Waals surface area contributed by atoms with Gasteiger partial charge in [0.1, 0.15) is 0 Å². The van der Waals surface area contributed by atoms with Gasteiger partial charge in [-0.1, -0.05) is 18.5 Å². The van der Waals surface area contributed by atoms with Gasteiger partial charge < -0.3 is 15.7 Å². The Hall–Kier alpha value is -1.26. The summed E-state index contributed by atoms with van der Waals surface area (Å²) in [6.45, 7) is 3.03. The first-order chi connectivity index (χ1) is 8.49. The van der Waals surface area contributed by atoms with Crippen LogP contribution in [0, 0.1) is 5.92 Å². The standard InChI is InChI=1S/C13H17ClN2O2/c1-8-7-16(5-4-12(8)17)13(18)10-6-9(15)2-3-11(10)14/h2-3,6,8,12,17H,4-5,7,15H2,1H3. The molecule has 2 atom stereocenters. The Morgan fingerprint density at radius 3 is 2.94 bits per heavy atom. The average molecular weight is 269 g/mol. The molecule has 1 amide bonds. The number of halogens is 1. The molecule has 5 heteroatoms. The van der Waals surface area contributed by atoms with Crippen molar-refractivity contribution in [1.29, 1.82) is 0 Å². The number of nitrogen functional groups attached to an aromatic ring is 1. The van der Waals surface area contributed by atoms with Crippen LogP contribution >= 0.6 is 11.6 Å². The van der Waals surface area contributed by atoms with E-state index in [1.54, 1.807) is 23.1 Å². The predicted octanol–water partition coefficient (Wildman–Crippen LogP) is 1.77. The zero-order valence-electron chi connectivity index (χ0n) is 10.3. The Bertz CT molecular complexity index is 464. The molecule has 1 aliphatic heterocycles. The molecule has 1 fully saturated rings. The van der Waals surface area contributed by atoms with Crippen molar-refractivity contribution >= 4 is 23.2 Å². The molecule has 2 unspecified atom stereocenters. The van der Waals surface area contributed by atoms with Crippen LogP contribution in [0.25, 0.3) is 0 Å². The number of hydrogen-bond acceptors (Lipinski definition) is 3. The third-order valence-electron chi connectivity index (χ3n) is 3.37. The molecular weight excluding hydrogens is 252 g/mol. The predicted molar refractivity (Wildman–Crippen MR) is 71.6 cm³/mol. The SMILES string of the molecule is CC1CN(C(=O)c2cc(N)ccc2Cl)CCC1O. The Morgan fingerprint density at radius 1 is 1.56 bits per heavy atom. The summed E-state index contributed by atoms with van der Waals surface area (Å²) in [6.07, 6.45) is 0.276. The van der Waals surface area contributed by atoms with Crippen LogP contribution in [0.1, 0.15) is 23.7 Å². The summed E-state index contributed by atoms with van der Waals surface area (Å²) < 4.78 is 0. The van der Waals surface area contributed by atoms with E-state index in [0.717, 1.165) is 0 Å². The molecule has 1 aromatic rings. The lowest BCUT2D eigenvalue weighted by atomic mass is 9.96. The second kappa shape index (κ2) is 5.16. The quantitative estimate of drug-likeness (QED) is 0.763. The molecule has 18 heavy (non-hydrogen) atoms. The van der Waals surface area contributed by atoms with Gasteiger partial charge >= 0.3 is 0 Å². The van der Waals surface area contributed by atoms with Crippen molar-refractivity contribution < 1.29 is 9.90 Å². The molecule has 98 valence electrons. The van der Waals surface area contributed by atoms with Crippen molar-refractivity contribution in [2.45, 2.75) is 19.4 Å². The number of anilines is 1. The van der Waals surface area contributed by atoms with Gasteiger partial charge in [-0.3, -0.25) is 4.79 Å². The fraction of sp³-hybridized carbons (Fsp3) is 0.462. The fourth-order valence-electron chi connectivity index (χ4n) is 2.19. The van der Waals surface area contributed by atoms with Crippen molar-refractivity contribution in [3.63, 3.8) is 0 Å². The van der Waals surface area contributed by atoms with Gasteiger partial charge in [-0.25, -0.2) is 0 Å². The molecular formula is C13H17ClN2O2. The molecule has 4 nitrogen and oxygen atoms in total. The van der Waals surface area contributed by atoms with Crippen LogP contribution in [0.5, 0.6) is 0 Å². The Kier molecular flexibility index (Phi) is 3.78. The second-order valence-electron chi connectivity index (χ2n) is 4.82. The summed E-state index contributed by atoms with van der Waals surface area (Å²) in [6, 6.07) is 4.90. The minimum atomic E-state index is -0.328. The van der Waals surface area contributed by atoms with E-state index in [1.165, 1.54) is 0 Å². The van der Waals surface area contributed by atoms with Gasteiger partial charge in [0.05, 0.1) is 16.7 Å². The molecule has 0 spiro atoms. The first-order valence-corrected chi connectivity index (χ1v) is 6.39. The molecule has 1 aliphatic rings. The smallest absolute Gasteiger partial charge is 0.255 e. The van der Waals surface area contributed by atoms with E-state index in [9.17, 15) is 9.90 Å². The average Bonchev–Trinajstić information content (AvgIpc) is 2.35. The maximum Gasteiger partial charge on any atom is 0.255 e. The van der Waals surface area contributed by atoms with Crippen molar-refractivity contribution in [3.05, 3.63) is 28.8 Å². The molecule has 2 rings (SSSR count). The summed E-state index contributed by atoms with van der Waals surface area (Å²) in [5.41, 5.74) is 6.63. The number of amides is 1. The highest BCUT2D eigenvalue weighted by Gasteiger charge is 2.28. The first-order valence-electron chi connectivity index (χ1n) is 6.01. The molecule has 3 N–H and O–H groups in total. The summed E-state index contributed by atoms with van der Waals surface area (Å²) in [7, 11) is 0. The van der Waals surface area contributed by atoms with E-state index >= 15 is 0 Å². The molecule has 1 aromatic carbocycles. The van der Waals surface area contributed by atoms with Crippen molar-refractivity contribution in [1.82, 2.24) is 4.90 Å². The van der Waals surface area contributed by atoms with Crippen LogP contribution < -0.4 is 5.73 Å². The number of likely N-dealkylation sites (tertiary alicyclic amines) is 1. The van der Waals surface area contributed by atoms with Gasteiger partial charge in [-0.2, -0.15) is 0 Å². The summed E-state index contributed by atoms with van der Waals surface area (Å²) >= 11 is 6.02. The Balaban J connectivity index is 2.19. The van der Waals surface area contributed by atoms with Crippen molar-refractivity contribution in [3.8, 4) is 0 Å². The van der Waals surface area contributed by atoms with Crippen LogP contribution in [0.3, 0.4) is 0 Å². The lowest BCUT2D eigenvalue weighted by Crippen LogP contribution is -2.45. The van der Waals surface area contributed by atoms with E-state index in [0.29, 0.717) is 35.8 Å². The first kappa shape index (κ1) is 13.2. The highest BCUT2D eigenvalue weighted by atomic mass is 35.5. The number of rotatable bonds is 1. The number of carbonyl (C=O) groups excluding carboxylic acids is 1. The number of nitrogens with zero attached hydrogens (tertiary/aromatic N) is 1. The van der Waals surface area contributed by atoms with Gasteiger partial charge in [-0.05, 0) is 30.5 Å². The Labute approximate surface area is 111 Å². The normalized spacial score (nSPS) is 24.1. The second-order valence-corrected chi connectivity index (χ2v) is 5.23. The van der Waals surface area contributed by atoms with Gasteiger partial charge in [-0.15, -0.1) is 0 Å². The molecule has 0 bridgehead atoms. The number of piperidine rings is 1. The van der Waals surface area contributed by atoms with Crippen LogP contribution in [0.4, 0.5) is 5.69 Å². The largest absolute Gasteiger partial charge is 0.399 e. The summed E-state index contributed by atoms with van der Waals surface area (Å²) in [5.74, 6) is -0.0337. The monoisotopic (exact) mass is 268 g/mol. The maximum atomic E-state index is 12.3. The van der Waals surface area contributed by atoms with Gasteiger partial charge in [0.25, 0.3) is 5.91 Å². The van der Waals surface area contributed by atoms with E-state index < -0.39 is 0 Å². The molecule has 0 aromatic heterocycles. The van der Waals surface area contributed by atoms with Crippen LogP contribution in [0.15, 0.2) is 18.2 Å². The van der Waals surface area contributed by atoms with E-state index in [1.807, 2.05) is 6.92 Å². The molecule has 0 radical (unpaired) electrons. The lowest BCUT2D eigenvalue weighted by molar-refractivity contribution is 0.0298. The van der Waals surface area contributed by atoms with Crippen molar-refractivity contribution in [2.24, 2.45) is 5.92 Å². The zero-order valence-corrected chi connectivity index (χ0v) is 11.0. The number of aliphatic hydroxyl groups is 1. The molecule has 0 aliphatic carbocycles. The molecule has 1 saturated heterocycles. The van der Waals surface area contributed by atoms with Crippen LogP contribution in [0.2, 0.25) is 5.02 Å². The summed E-state index contributed by atoms with van der Waals surface area (Å²) in [5, 5.41) is 10.1. The fourth-order valence-corrected chi connectivity index (χ4v) is 2.39. The van der Waals surface area contributed by atoms with E-state index in [-0.39, 0.29) is 17.9 Å². The third kappa shape index (κ3) is 2.60. The molecule has 0 saturated carbocycles. The highest BCUT2D eigenvalue weighted by molar-refractivity contribution is 6.34. The van der Waals surface area contributed by atoms with Gasteiger partial charge in [0, 0.05) is 18.8 Å². The zero-order chi connectivity index (χ0) is 13.3. The number of carbonyl (C=O) groups is 1. The van der Waals surface area contributed by atoms with Crippen LogP contribution in [-0.2, 0) is 0 Å². The van der Waals surface area contributed by atoms with E-state index in [2.05, 4.69) is 0 Å². The topological polar surface area (TPSA) is 66.6 Å². The van der Waals surface area contributed by atoms with Gasteiger partial charge in [0.15, 0.2) is 0 Å². The number of aliphatic hydroxyl groups excluding tert-OH is 1. The lowest BCUT2D eigenvalue weighted by Gasteiger charge is -2.34. The highest BCUT2D eigenvalue weighted by Crippen LogP contribution is 2.24. The molecule has 1 heterocycles. The van der Waals surface area contributed by atoms with Gasteiger partial charge in [0.2, 0.25) is 0 Å². The van der Waals surface area contributed by atoms with E-state index in [4.69, 9.17) is 17.3 Å². The number of benzene rings is 1. The number of nitrogens with two attached hydrogens (primary N) is 1. The third-order valence-corrected chi connectivity index (χ3v) is 3.70. The number of hydrogen-bond donors (Lipinski definition) is 2. The minimum Gasteiger partial charge on any atom is -0.399 e. The maximum absolute atomic E-state index is 12.3. The summed E-state index contributed by atoms with van der Waals surface area (Å²) in [4.78, 5) is 14.0. The Morgan fingerprint density at radius 2 is 2.28 bits per heavy atom.